The molecule has 0 saturated carbocycles. The minimum Gasteiger partial charge on any atom is -0.481 e. The Morgan fingerprint density at radius 1 is 1.38 bits per heavy atom. The molecule has 0 aliphatic rings. The number of hydrogen-bond acceptors (Lipinski definition) is 2. The first kappa shape index (κ1) is 11.9. The second-order valence-electron chi connectivity index (χ2n) is 3.46. The predicted molar refractivity (Wildman–Crippen MR) is 49.3 cm³/mol. The van der Waals surface area contributed by atoms with Crippen molar-refractivity contribution in [3.8, 4) is 0 Å². The maximum Gasteiger partial charge on any atom is 0.306 e. The minimum atomic E-state index is -0.791. The van der Waals surface area contributed by atoms with Gasteiger partial charge in [-0.05, 0) is 12.3 Å². The van der Waals surface area contributed by atoms with Crippen LogP contribution in [0.1, 0.15) is 27.2 Å². The largest absolute Gasteiger partial charge is 0.481 e. The Morgan fingerprint density at radius 2 is 1.92 bits per heavy atom. The number of amides is 1. The quantitative estimate of drug-likeness (QED) is 0.671. The number of aliphatic carboxylic acids is 1. The van der Waals surface area contributed by atoms with Crippen LogP contribution in [0, 0.1) is 11.8 Å². The average Bonchev–Trinajstić information content (AvgIpc) is 1.95. The van der Waals surface area contributed by atoms with Gasteiger partial charge in [-0.2, -0.15) is 0 Å². The highest BCUT2D eigenvalue weighted by Crippen LogP contribution is 2.14. The van der Waals surface area contributed by atoms with E-state index in [-0.39, 0.29) is 17.7 Å². The van der Waals surface area contributed by atoms with Crippen LogP contribution in [0.5, 0.6) is 0 Å². The van der Waals surface area contributed by atoms with Crippen LogP contribution in [0.15, 0.2) is 0 Å². The third-order valence-electron chi connectivity index (χ3n) is 1.95. The van der Waals surface area contributed by atoms with Crippen LogP contribution in [0.4, 0.5) is 0 Å². The van der Waals surface area contributed by atoms with Crippen molar-refractivity contribution >= 4 is 11.9 Å². The Hall–Kier alpha value is -1.06. The van der Waals surface area contributed by atoms with E-state index in [1.807, 2.05) is 13.8 Å². The molecule has 0 rings (SSSR count). The van der Waals surface area contributed by atoms with Gasteiger partial charge in [0.2, 0.25) is 5.91 Å². The Kier molecular flexibility index (Phi) is 5.11. The van der Waals surface area contributed by atoms with Gasteiger partial charge in [-0.15, -0.1) is 0 Å². The number of rotatable bonds is 5. The van der Waals surface area contributed by atoms with Gasteiger partial charge in [0.15, 0.2) is 0 Å². The molecule has 0 bridgehead atoms. The second kappa shape index (κ2) is 5.56. The van der Waals surface area contributed by atoms with Crippen molar-refractivity contribution in [1.82, 2.24) is 5.32 Å². The SMILES string of the molecule is CC(=O)NCCC(C(=O)O)C(C)C. The van der Waals surface area contributed by atoms with Crippen LogP contribution in [-0.2, 0) is 9.59 Å². The molecule has 0 aliphatic carbocycles. The molecule has 4 nitrogen and oxygen atoms in total. The van der Waals surface area contributed by atoms with Gasteiger partial charge in [-0.3, -0.25) is 9.59 Å². The van der Waals surface area contributed by atoms with Crippen LogP contribution >= 0.6 is 0 Å². The zero-order chi connectivity index (χ0) is 10.4. The summed E-state index contributed by atoms with van der Waals surface area (Å²) in [4.78, 5) is 21.2. The van der Waals surface area contributed by atoms with Gasteiger partial charge >= 0.3 is 5.97 Å². The molecule has 0 fully saturated rings. The Bertz CT molecular complexity index is 189. The lowest BCUT2D eigenvalue weighted by molar-refractivity contribution is -0.143. The van der Waals surface area contributed by atoms with E-state index in [9.17, 15) is 9.59 Å². The van der Waals surface area contributed by atoms with Crippen molar-refractivity contribution in [3.63, 3.8) is 0 Å². The smallest absolute Gasteiger partial charge is 0.306 e. The van der Waals surface area contributed by atoms with Gasteiger partial charge in [0.05, 0.1) is 5.92 Å². The van der Waals surface area contributed by atoms with Crippen LogP contribution in [0.2, 0.25) is 0 Å². The summed E-state index contributed by atoms with van der Waals surface area (Å²) in [5, 5.41) is 11.4. The fourth-order valence-corrected chi connectivity index (χ4v) is 1.15. The minimum absolute atomic E-state index is 0.103. The Morgan fingerprint density at radius 3 is 2.23 bits per heavy atom. The predicted octanol–water partition coefficient (Wildman–Crippen LogP) is 0.869. The number of carboxylic acid groups (broad SMARTS) is 1. The first-order valence-corrected chi connectivity index (χ1v) is 4.42. The normalized spacial score (nSPS) is 12.6. The van der Waals surface area contributed by atoms with Gasteiger partial charge in [0, 0.05) is 13.5 Å². The molecule has 1 unspecified atom stereocenters. The zero-order valence-electron chi connectivity index (χ0n) is 8.33. The van der Waals surface area contributed by atoms with E-state index in [1.54, 1.807) is 0 Å². The van der Waals surface area contributed by atoms with E-state index in [4.69, 9.17) is 5.11 Å². The molecule has 76 valence electrons. The summed E-state index contributed by atoms with van der Waals surface area (Å²) in [5.41, 5.74) is 0. The van der Waals surface area contributed by atoms with Crippen molar-refractivity contribution in [2.24, 2.45) is 11.8 Å². The molecule has 0 saturated heterocycles. The highest BCUT2D eigenvalue weighted by atomic mass is 16.4. The van der Waals surface area contributed by atoms with Crippen LogP contribution < -0.4 is 5.32 Å². The van der Waals surface area contributed by atoms with Crippen molar-refractivity contribution in [3.05, 3.63) is 0 Å². The number of hydrogen-bond donors (Lipinski definition) is 2. The lowest BCUT2D eigenvalue weighted by atomic mass is 9.93. The van der Waals surface area contributed by atoms with Gasteiger partial charge in [0.25, 0.3) is 0 Å². The first-order valence-electron chi connectivity index (χ1n) is 4.42. The summed E-state index contributed by atoms with van der Waals surface area (Å²) in [6.45, 7) is 5.59. The summed E-state index contributed by atoms with van der Waals surface area (Å²) < 4.78 is 0. The molecular weight excluding hydrogens is 170 g/mol. The molecule has 0 aromatic rings. The monoisotopic (exact) mass is 187 g/mol. The molecule has 13 heavy (non-hydrogen) atoms. The zero-order valence-corrected chi connectivity index (χ0v) is 8.33. The maximum absolute atomic E-state index is 10.7. The lowest BCUT2D eigenvalue weighted by Crippen LogP contribution is -2.28. The number of nitrogens with one attached hydrogen (secondary N) is 1. The van der Waals surface area contributed by atoms with E-state index < -0.39 is 5.97 Å². The van der Waals surface area contributed by atoms with Crippen LogP contribution in [-0.4, -0.2) is 23.5 Å². The van der Waals surface area contributed by atoms with Crippen molar-refractivity contribution in [1.29, 1.82) is 0 Å². The summed E-state index contributed by atoms with van der Waals surface area (Å²) in [7, 11) is 0. The first-order chi connectivity index (χ1) is 5.95. The fraction of sp³-hybridized carbons (Fsp3) is 0.778. The van der Waals surface area contributed by atoms with Gasteiger partial charge in [0.1, 0.15) is 0 Å². The molecule has 0 aromatic carbocycles. The second-order valence-corrected chi connectivity index (χ2v) is 3.46. The molecule has 0 spiro atoms. The van der Waals surface area contributed by atoms with E-state index in [1.165, 1.54) is 6.92 Å². The third-order valence-corrected chi connectivity index (χ3v) is 1.95. The number of carbonyl (C=O) groups is 2. The van der Waals surface area contributed by atoms with Crippen LogP contribution in [0.25, 0.3) is 0 Å². The Labute approximate surface area is 78.3 Å². The summed E-state index contributed by atoms with van der Waals surface area (Å²) >= 11 is 0. The van der Waals surface area contributed by atoms with E-state index in [0.717, 1.165) is 0 Å². The van der Waals surface area contributed by atoms with Crippen LogP contribution in [0.3, 0.4) is 0 Å². The molecule has 4 heteroatoms. The van der Waals surface area contributed by atoms with Gasteiger partial charge in [-0.1, -0.05) is 13.8 Å². The van der Waals surface area contributed by atoms with Crippen molar-refractivity contribution in [2.75, 3.05) is 6.54 Å². The summed E-state index contributed by atoms with van der Waals surface area (Å²) in [5.74, 6) is -1.17. The number of carbonyl (C=O) groups excluding carboxylic acids is 1. The van der Waals surface area contributed by atoms with Gasteiger partial charge in [-0.25, -0.2) is 0 Å². The third kappa shape index (κ3) is 5.22. The van der Waals surface area contributed by atoms with Crippen molar-refractivity contribution in [2.45, 2.75) is 27.2 Å². The summed E-state index contributed by atoms with van der Waals surface area (Å²) in [6.07, 6.45) is 0.493. The highest BCUT2D eigenvalue weighted by molar-refractivity contribution is 5.73. The molecule has 2 N–H and O–H groups in total. The molecule has 0 aliphatic heterocycles. The molecule has 0 heterocycles. The Balaban J connectivity index is 3.84. The molecule has 1 atom stereocenters. The standard InChI is InChI=1S/C9H17NO3/c1-6(2)8(9(12)13)4-5-10-7(3)11/h6,8H,4-5H2,1-3H3,(H,10,11)(H,12,13). The molecule has 1 amide bonds. The van der Waals surface area contributed by atoms with Crippen molar-refractivity contribution < 1.29 is 14.7 Å². The highest BCUT2D eigenvalue weighted by Gasteiger charge is 2.20. The van der Waals surface area contributed by atoms with Gasteiger partial charge < -0.3 is 10.4 Å². The van der Waals surface area contributed by atoms with E-state index >= 15 is 0 Å². The maximum atomic E-state index is 10.7. The molecule has 0 radical (unpaired) electrons. The molecular formula is C9H17NO3. The summed E-state index contributed by atoms with van der Waals surface area (Å²) in [6, 6.07) is 0. The lowest BCUT2D eigenvalue weighted by Gasteiger charge is -2.15. The van der Waals surface area contributed by atoms with E-state index in [0.29, 0.717) is 13.0 Å². The fourth-order valence-electron chi connectivity index (χ4n) is 1.15. The average molecular weight is 187 g/mol. The topological polar surface area (TPSA) is 66.4 Å². The number of carboxylic acids is 1. The molecule has 0 aromatic heterocycles. The van der Waals surface area contributed by atoms with E-state index in [2.05, 4.69) is 5.32 Å².